The average molecular weight is 289 g/mol. The third-order valence-electron chi connectivity index (χ3n) is 2.91. The van der Waals surface area contributed by atoms with Gasteiger partial charge in [0.25, 0.3) is 0 Å². The summed E-state index contributed by atoms with van der Waals surface area (Å²) in [6.45, 7) is 4.21. The molecule has 0 aliphatic heterocycles. The lowest BCUT2D eigenvalue weighted by atomic mass is 10.1. The molecule has 1 aromatic heterocycles. The predicted octanol–water partition coefficient (Wildman–Crippen LogP) is 1.70. The summed E-state index contributed by atoms with van der Waals surface area (Å²) < 4.78 is 10.1. The molecule has 0 fully saturated rings. The summed E-state index contributed by atoms with van der Waals surface area (Å²) in [6.07, 6.45) is 0.623. The number of aromatic nitrogens is 2. The molecular weight excluding hydrogens is 270 g/mol. The topological polar surface area (TPSA) is 77.2 Å². The Bertz CT molecular complexity index is 569. The molecule has 1 heterocycles. The van der Waals surface area contributed by atoms with Crippen molar-refractivity contribution in [3.63, 3.8) is 0 Å². The van der Waals surface area contributed by atoms with Crippen LogP contribution in [-0.4, -0.2) is 28.8 Å². The van der Waals surface area contributed by atoms with Crippen LogP contribution in [0.4, 0.5) is 0 Å². The van der Waals surface area contributed by atoms with Crippen LogP contribution in [0, 0.1) is 0 Å². The SMILES string of the molecule is CCOC(=O)C(C)NCc1nc(Cc2ccccc2)no1. The molecule has 0 radical (unpaired) electrons. The van der Waals surface area contributed by atoms with Gasteiger partial charge in [-0.1, -0.05) is 35.5 Å². The highest BCUT2D eigenvalue weighted by Gasteiger charge is 2.15. The van der Waals surface area contributed by atoms with Crippen molar-refractivity contribution in [3.05, 3.63) is 47.6 Å². The molecule has 0 amide bonds. The van der Waals surface area contributed by atoms with E-state index < -0.39 is 6.04 Å². The fourth-order valence-electron chi connectivity index (χ4n) is 1.80. The molecule has 1 atom stereocenters. The number of hydrogen-bond donors (Lipinski definition) is 1. The molecule has 0 saturated carbocycles. The molecule has 0 bridgehead atoms. The van der Waals surface area contributed by atoms with E-state index in [-0.39, 0.29) is 5.97 Å². The molecule has 6 nitrogen and oxygen atoms in total. The van der Waals surface area contributed by atoms with Gasteiger partial charge < -0.3 is 9.26 Å². The Labute approximate surface area is 123 Å². The van der Waals surface area contributed by atoms with E-state index in [9.17, 15) is 4.79 Å². The monoisotopic (exact) mass is 289 g/mol. The van der Waals surface area contributed by atoms with Crippen molar-refractivity contribution in [1.82, 2.24) is 15.5 Å². The Morgan fingerprint density at radius 3 is 2.86 bits per heavy atom. The number of carbonyl (C=O) groups excluding carboxylic acids is 1. The highest BCUT2D eigenvalue weighted by atomic mass is 16.5. The second-order valence-electron chi connectivity index (χ2n) is 4.62. The summed E-state index contributed by atoms with van der Waals surface area (Å²) in [7, 11) is 0. The van der Waals surface area contributed by atoms with Crippen molar-refractivity contribution in [2.45, 2.75) is 32.9 Å². The molecule has 1 unspecified atom stereocenters. The van der Waals surface area contributed by atoms with Gasteiger partial charge in [-0.05, 0) is 19.4 Å². The number of rotatable bonds is 7. The molecule has 2 rings (SSSR count). The van der Waals surface area contributed by atoms with Gasteiger partial charge in [0.05, 0.1) is 13.2 Å². The lowest BCUT2D eigenvalue weighted by Gasteiger charge is -2.10. The maximum absolute atomic E-state index is 11.5. The van der Waals surface area contributed by atoms with Gasteiger partial charge in [0.2, 0.25) is 5.89 Å². The molecule has 1 N–H and O–H groups in total. The molecule has 21 heavy (non-hydrogen) atoms. The molecule has 2 aromatic rings. The Kier molecular flexibility index (Phi) is 5.45. The van der Waals surface area contributed by atoms with Gasteiger partial charge in [0.1, 0.15) is 6.04 Å². The summed E-state index contributed by atoms with van der Waals surface area (Å²) in [6, 6.07) is 9.52. The fourth-order valence-corrected chi connectivity index (χ4v) is 1.80. The van der Waals surface area contributed by atoms with Gasteiger partial charge in [-0.25, -0.2) is 0 Å². The van der Waals surface area contributed by atoms with Crippen LogP contribution in [0.5, 0.6) is 0 Å². The first-order valence-electron chi connectivity index (χ1n) is 6.94. The van der Waals surface area contributed by atoms with Crippen molar-refractivity contribution in [2.75, 3.05) is 6.61 Å². The standard InChI is InChI=1S/C15H19N3O3/c1-3-20-15(19)11(2)16-10-14-17-13(18-21-14)9-12-7-5-4-6-8-12/h4-8,11,16H,3,9-10H2,1-2H3. The van der Waals surface area contributed by atoms with Gasteiger partial charge in [-0.2, -0.15) is 4.98 Å². The summed E-state index contributed by atoms with van der Waals surface area (Å²) in [5, 5.41) is 6.92. The quantitative estimate of drug-likeness (QED) is 0.782. The van der Waals surface area contributed by atoms with E-state index in [0.29, 0.717) is 31.3 Å². The van der Waals surface area contributed by atoms with Crippen LogP contribution in [0.2, 0.25) is 0 Å². The summed E-state index contributed by atoms with van der Waals surface area (Å²) in [5.74, 6) is 0.792. The first-order chi connectivity index (χ1) is 10.2. The van der Waals surface area contributed by atoms with E-state index in [1.807, 2.05) is 30.3 Å². The van der Waals surface area contributed by atoms with Crippen LogP contribution >= 0.6 is 0 Å². The molecule has 0 aliphatic rings. The van der Waals surface area contributed by atoms with Crippen molar-refractivity contribution in [2.24, 2.45) is 0 Å². The van der Waals surface area contributed by atoms with Crippen molar-refractivity contribution < 1.29 is 14.1 Å². The third kappa shape index (κ3) is 4.68. The smallest absolute Gasteiger partial charge is 0.322 e. The Morgan fingerprint density at radius 2 is 2.14 bits per heavy atom. The van der Waals surface area contributed by atoms with E-state index in [1.54, 1.807) is 13.8 Å². The van der Waals surface area contributed by atoms with E-state index >= 15 is 0 Å². The molecular formula is C15H19N3O3. The lowest BCUT2D eigenvalue weighted by molar-refractivity contribution is -0.145. The maximum Gasteiger partial charge on any atom is 0.322 e. The maximum atomic E-state index is 11.5. The van der Waals surface area contributed by atoms with Crippen LogP contribution in [-0.2, 0) is 22.5 Å². The van der Waals surface area contributed by atoms with Gasteiger partial charge in [-0.3, -0.25) is 10.1 Å². The van der Waals surface area contributed by atoms with Gasteiger partial charge >= 0.3 is 5.97 Å². The second-order valence-corrected chi connectivity index (χ2v) is 4.62. The van der Waals surface area contributed by atoms with E-state index in [1.165, 1.54) is 0 Å². The highest BCUT2D eigenvalue weighted by Crippen LogP contribution is 2.06. The molecule has 112 valence electrons. The van der Waals surface area contributed by atoms with Gasteiger partial charge in [0, 0.05) is 6.42 Å². The number of carbonyl (C=O) groups is 1. The normalized spacial score (nSPS) is 12.1. The molecule has 0 saturated heterocycles. The number of hydrogen-bond acceptors (Lipinski definition) is 6. The fraction of sp³-hybridized carbons (Fsp3) is 0.400. The third-order valence-corrected chi connectivity index (χ3v) is 2.91. The number of nitrogens with one attached hydrogen (secondary N) is 1. The number of esters is 1. The summed E-state index contributed by atoms with van der Waals surface area (Å²) >= 11 is 0. The number of benzene rings is 1. The zero-order valence-corrected chi connectivity index (χ0v) is 12.2. The minimum atomic E-state index is -0.408. The predicted molar refractivity (Wildman–Crippen MR) is 76.5 cm³/mol. The zero-order chi connectivity index (χ0) is 15.1. The van der Waals surface area contributed by atoms with Crippen LogP contribution in [0.25, 0.3) is 0 Å². The Balaban J connectivity index is 1.84. The first-order valence-corrected chi connectivity index (χ1v) is 6.94. The van der Waals surface area contributed by atoms with Crippen LogP contribution in [0.1, 0.15) is 31.1 Å². The minimum Gasteiger partial charge on any atom is -0.465 e. The summed E-state index contributed by atoms with van der Waals surface area (Å²) in [5.41, 5.74) is 1.12. The number of nitrogens with zero attached hydrogens (tertiary/aromatic N) is 2. The molecule has 0 aliphatic carbocycles. The van der Waals surface area contributed by atoms with E-state index in [4.69, 9.17) is 9.26 Å². The largest absolute Gasteiger partial charge is 0.465 e. The molecule has 6 heteroatoms. The highest BCUT2D eigenvalue weighted by molar-refractivity contribution is 5.75. The van der Waals surface area contributed by atoms with Crippen molar-refractivity contribution in [1.29, 1.82) is 0 Å². The Morgan fingerprint density at radius 1 is 1.38 bits per heavy atom. The van der Waals surface area contributed by atoms with Crippen molar-refractivity contribution >= 4 is 5.97 Å². The van der Waals surface area contributed by atoms with Gasteiger partial charge in [-0.15, -0.1) is 0 Å². The van der Waals surface area contributed by atoms with Gasteiger partial charge in [0.15, 0.2) is 5.82 Å². The molecule has 0 spiro atoms. The molecule has 1 aromatic carbocycles. The zero-order valence-electron chi connectivity index (χ0n) is 12.2. The summed E-state index contributed by atoms with van der Waals surface area (Å²) in [4.78, 5) is 15.7. The number of ether oxygens (including phenoxy) is 1. The van der Waals surface area contributed by atoms with E-state index in [0.717, 1.165) is 5.56 Å². The minimum absolute atomic E-state index is 0.290. The second kappa shape index (κ2) is 7.54. The van der Waals surface area contributed by atoms with Crippen LogP contribution in [0.15, 0.2) is 34.9 Å². The average Bonchev–Trinajstić information content (AvgIpc) is 2.93. The van der Waals surface area contributed by atoms with Crippen molar-refractivity contribution in [3.8, 4) is 0 Å². The Hall–Kier alpha value is -2.21. The van der Waals surface area contributed by atoms with Crippen LogP contribution < -0.4 is 5.32 Å². The first kappa shape index (κ1) is 15.2. The van der Waals surface area contributed by atoms with Crippen LogP contribution in [0.3, 0.4) is 0 Å². The lowest BCUT2D eigenvalue weighted by Crippen LogP contribution is -2.35. The van der Waals surface area contributed by atoms with E-state index in [2.05, 4.69) is 15.5 Å².